The van der Waals surface area contributed by atoms with Gasteiger partial charge in [0.25, 0.3) is 5.69 Å². The smallest absolute Gasteiger partial charge is 0.336 e. The van der Waals surface area contributed by atoms with Crippen LogP contribution in [-0.4, -0.2) is 44.1 Å². The number of non-ortho nitro benzene ring substituents is 1. The van der Waals surface area contributed by atoms with Gasteiger partial charge in [0.1, 0.15) is 0 Å². The van der Waals surface area contributed by atoms with E-state index in [4.69, 9.17) is 5.41 Å². The van der Waals surface area contributed by atoms with E-state index in [0.29, 0.717) is 18.5 Å². The molecule has 5 rings (SSSR count). The van der Waals surface area contributed by atoms with E-state index in [1.165, 1.54) is 18.3 Å². The number of nitro groups is 1. The molecule has 0 bridgehead atoms. The van der Waals surface area contributed by atoms with Gasteiger partial charge in [-0.05, 0) is 79.4 Å². The number of hydrogen-bond acceptors (Lipinski definition) is 7. The first-order chi connectivity index (χ1) is 16.9. The van der Waals surface area contributed by atoms with E-state index < -0.39 is 33.4 Å². The zero-order valence-corrected chi connectivity index (χ0v) is 20.5. The van der Waals surface area contributed by atoms with Gasteiger partial charge in [0.15, 0.2) is 5.60 Å². The summed E-state index contributed by atoms with van der Waals surface area (Å²) in [6.45, 7) is 3.96. The fourth-order valence-corrected chi connectivity index (χ4v) is 8.15. The Kier molecular flexibility index (Phi) is 5.64. The molecular weight excluding hydrogens is 462 g/mol. The van der Waals surface area contributed by atoms with Crippen molar-refractivity contribution in [3.05, 3.63) is 57.3 Å². The first-order valence-corrected chi connectivity index (χ1v) is 12.5. The van der Waals surface area contributed by atoms with Crippen LogP contribution < -0.4 is 5.32 Å². The van der Waals surface area contributed by atoms with Crippen molar-refractivity contribution in [2.24, 2.45) is 28.6 Å². The second-order valence-electron chi connectivity index (χ2n) is 11.5. The molecule has 4 aliphatic rings. The average molecular weight is 496 g/mol. The second kappa shape index (κ2) is 8.24. The molecule has 3 fully saturated rings. The number of fused-ring (bicyclic) bond motifs is 5. The van der Waals surface area contributed by atoms with E-state index in [0.717, 1.165) is 29.7 Å². The van der Waals surface area contributed by atoms with Crippen LogP contribution in [0.25, 0.3) is 0 Å². The minimum absolute atomic E-state index is 0.00201. The summed E-state index contributed by atoms with van der Waals surface area (Å²) in [4.78, 5) is 22.8. The topological polar surface area (TPSA) is 157 Å². The van der Waals surface area contributed by atoms with Crippen molar-refractivity contribution in [1.82, 2.24) is 0 Å². The summed E-state index contributed by atoms with van der Waals surface area (Å²) in [5.41, 5.74) is 0.0704. The van der Waals surface area contributed by atoms with Crippen LogP contribution in [0.4, 0.5) is 11.4 Å². The maximum absolute atomic E-state index is 12.1. The van der Waals surface area contributed by atoms with E-state index >= 15 is 0 Å². The monoisotopic (exact) mass is 495 g/mol. The molecule has 0 aromatic heterocycles. The van der Waals surface area contributed by atoms with Crippen LogP contribution in [0.3, 0.4) is 0 Å². The predicted molar refractivity (Wildman–Crippen MR) is 134 cm³/mol. The third kappa shape index (κ3) is 3.36. The van der Waals surface area contributed by atoms with Gasteiger partial charge in [-0.1, -0.05) is 25.5 Å². The van der Waals surface area contributed by atoms with Gasteiger partial charge in [-0.3, -0.25) is 10.1 Å². The Balaban J connectivity index is 1.47. The zero-order valence-electron chi connectivity index (χ0n) is 20.5. The molecule has 192 valence electrons. The minimum atomic E-state index is -1.83. The van der Waals surface area contributed by atoms with E-state index in [1.807, 2.05) is 13.0 Å². The number of carbonyl (C=O) groups is 1. The summed E-state index contributed by atoms with van der Waals surface area (Å²) in [6, 6.07) is 6.26. The Morgan fingerprint density at radius 2 is 2.06 bits per heavy atom. The lowest BCUT2D eigenvalue weighted by Gasteiger charge is -2.60. The Morgan fingerprint density at radius 3 is 2.72 bits per heavy atom. The molecule has 0 spiro atoms. The fourth-order valence-electron chi connectivity index (χ4n) is 8.15. The van der Waals surface area contributed by atoms with Gasteiger partial charge in [0.2, 0.25) is 0 Å². The first-order valence-electron chi connectivity index (χ1n) is 12.5. The van der Waals surface area contributed by atoms with Crippen LogP contribution in [0.5, 0.6) is 0 Å². The van der Waals surface area contributed by atoms with Crippen molar-refractivity contribution in [1.29, 1.82) is 5.41 Å². The molecule has 0 radical (unpaired) electrons. The molecule has 9 heteroatoms. The molecule has 1 aromatic rings. The lowest BCUT2D eigenvalue weighted by molar-refractivity contribution is -0.384. The molecule has 0 aliphatic heterocycles. The van der Waals surface area contributed by atoms with Crippen LogP contribution in [0.1, 0.15) is 52.4 Å². The highest BCUT2D eigenvalue weighted by Crippen LogP contribution is 2.67. The number of rotatable bonds is 5. The van der Waals surface area contributed by atoms with Crippen molar-refractivity contribution in [3.8, 4) is 0 Å². The van der Waals surface area contributed by atoms with Gasteiger partial charge < -0.3 is 26.0 Å². The number of nitro benzene ring substituents is 1. The second-order valence-corrected chi connectivity index (χ2v) is 11.5. The number of nitrogens with zero attached hydrogens (tertiary/aromatic N) is 1. The quantitative estimate of drug-likeness (QED) is 0.232. The number of aliphatic hydroxyl groups excluding tert-OH is 1. The molecule has 7 atom stereocenters. The molecule has 4 aliphatic carbocycles. The first kappa shape index (κ1) is 24.6. The van der Waals surface area contributed by atoms with Crippen molar-refractivity contribution in [2.45, 2.75) is 64.1 Å². The van der Waals surface area contributed by atoms with Gasteiger partial charge in [0, 0.05) is 35.1 Å². The lowest BCUT2D eigenvalue weighted by atomic mass is 9.45. The highest BCUT2D eigenvalue weighted by atomic mass is 16.6. The maximum atomic E-state index is 12.1. The van der Waals surface area contributed by atoms with Crippen molar-refractivity contribution in [2.75, 3.05) is 5.32 Å². The largest absolute Gasteiger partial charge is 0.479 e. The number of carboxylic acid groups (broad SMARTS) is 1. The maximum Gasteiger partial charge on any atom is 0.336 e. The average Bonchev–Trinajstić information content (AvgIpc) is 3.10. The number of benzene rings is 1. The van der Waals surface area contributed by atoms with Gasteiger partial charge in [-0.2, -0.15) is 0 Å². The molecular formula is C27H33N3O6. The Bertz CT molecular complexity index is 1210. The fraction of sp³-hybridized carbons (Fsp3) is 0.556. The molecule has 1 aromatic carbocycles. The normalized spacial score (nSPS) is 39.4. The Labute approximate surface area is 209 Å². The summed E-state index contributed by atoms with van der Waals surface area (Å²) >= 11 is 0. The number of hydrogen-bond donors (Lipinski definition) is 5. The van der Waals surface area contributed by atoms with E-state index in [1.54, 1.807) is 12.1 Å². The number of anilines is 1. The lowest BCUT2D eigenvalue weighted by Crippen LogP contribution is -2.61. The number of nitrogens with one attached hydrogen (secondary N) is 2. The summed E-state index contributed by atoms with van der Waals surface area (Å²) in [6.07, 6.45) is 5.71. The van der Waals surface area contributed by atoms with Gasteiger partial charge >= 0.3 is 5.97 Å². The third-order valence-electron chi connectivity index (χ3n) is 9.91. The molecule has 36 heavy (non-hydrogen) atoms. The van der Waals surface area contributed by atoms with Crippen LogP contribution >= 0.6 is 0 Å². The van der Waals surface area contributed by atoms with Gasteiger partial charge in [0.05, 0.1) is 11.0 Å². The summed E-state index contributed by atoms with van der Waals surface area (Å²) in [7, 11) is 0. The molecule has 5 N–H and O–H groups in total. The molecule has 6 unspecified atom stereocenters. The van der Waals surface area contributed by atoms with Crippen molar-refractivity contribution >= 4 is 23.6 Å². The highest BCUT2D eigenvalue weighted by Gasteiger charge is 2.68. The van der Waals surface area contributed by atoms with Gasteiger partial charge in [-0.15, -0.1) is 0 Å². The molecule has 9 nitrogen and oxygen atoms in total. The molecule has 3 saturated carbocycles. The molecule has 0 heterocycles. The number of allylic oxidation sites excluding steroid dienone is 3. The number of aliphatic hydroxyl groups is 2. The van der Waals surface area contributed by atoms with E-state index in [2.05, 4.69) is 12.2 Å². The highest BCUT2D eigenvalue weighted by molar-refractivity contribution is 5.81. The Hall–Kier alpha value is -3.04. The van der Waals surface area contributed by atoms with Crippen molar-refractivity contribution in [3.63, 3.8) is 0 Å². The third-order valence-corrected chi connectivity index (χ3v) is 9.91. The number of carboxylic acids is 1. The Morgan fingerprint density at radius 1 is 1.31 bits per heavy atom. The standard InChI is InChI=1S/C27H33N3O6/c1-25-12-15(14-28)21(29-17-4-3-5-18(11-17)30(35)36)10-16(25)6-7-19-20-8-9-27(34,24(32)33)26(20,2)13-22(31)23(19)25/h3-5,10-11,14,19-20,22-23,28-29,31,34H,6-9,12-13H2,1-2H3,(H,32,33)/t19?,20?,22?,23?,25?,26?,27-/m0/s1. The van der Waals surface area contributed by atoms with Crippen LogP contribution in [0.2, 0.25) is 0 Å². The summed E-state index contributed by atoms with van der Waals surface area (Å²) in [5, 5.41) is 55.0. The number of aliphatic carboxylic acids is 1. The zero-order chi connectivity index (χ0) is 26.0. The van der Waals surface area contributed by atoms with Crippen LogP contribution in [0.15, 0.2) is 47.2 Å². The molecule has 0 amide bonds. The summed E-state index contributed by atoms with van der Waals surface area (Å²) < 4.78 is 0. The minimum Gasteiger partial charge on any atom is -0.479 e. The summed E-state index contributed by atoms with van der Waals surface area (Å²) in [5.74, 6) is -1.24. The van der Waals surface area contributed by atoms with Crippen molar-refractivity contribution < 1.29 is 25.0 Å². The SMILES string of the molecule is CC12CC(C=N)=C(Nc3cccc([N+](=O)[O-])c3)C=C1CCC1C2C(O)CC2(C)C1CC[C@]2(O)C(=O)O. The van der Waals surface area contributed by atoms with Crippen LogP contribution in [0, 0.1) is 44.1 Å². The predicted octanol–water partition coefficient (Wildman–Crippen LogP) is 4.27. The van der Waals surface area contributed by atoms with Gasteiger partial charge in [-0.25, -0.2) is 4.79 Å². The molecule has 0 saturated heterocycles. The van der Waals surface area contributed by atoms with E-state index in [9.17, 15) is 30.2 Å². The van der Waals surface area contributed by atoms with E-state index in [-0.39, 0.29) is 36.3 Å². The van der Waals surface area contributed by atoms with Crippen LogP contribution in [-0.2, 0) is 4.79 Å².